The number of benzene rings is 1. The Morgan fingerprint density at radius 2 is 2.05 bits per heavy atom. The van der Waals surface area contributed by atoms with Crippen LogP contribution in [0.25, 0.3) is 0 Å². The topological polar surface area (TPSA) is 41.3 Å². The Bertz CT molecular complexity index is 477. The normalized spacial score (nSPS) is 21.0. The molecule has 2 rings (SSSR count). The number of hydrogen-bond acceptors (Lipinski definition) is 3. The third kappa shape index (κ3) is 3.31. The average Bonchev–Trinajstić information content (AvgIpc) is 2.52. The van der Waals surface area contributed by atoms with Crippen LogP contribution in [0.15, 0.2) is 22.7 Å². The molecule has 0 amide bonds. The largest absolute Gasteiger partial charge is 0.296 e. The predicted octanol–water partition coefficient (Wildman–Crippen LogP) is 3.75. The molecule has 1 saturated heterocycles. The lowest BCUT2D eigenvalue weighted by Crippen LogP contribution is -2.57. The highest BCUT2D eigenvalue weighted by molar-refractivity contribution is 9.10. The Morgan fingerprint density at radius 1 is 1.38 bits per heavy atom. The lowest BCUT2D eigenvalue weighted by atomic mass is 9.82. The van der Waals surface area contributed by atoms with Gasteiger partial charge in [0.1, 0.15) is 5.82 Å². The quantitative estimate of drug-likeness (QED) is 0.622. The van der Waals surface area contributed by atoms with Crippen molar-refractivity contribution < 1.29 is 4.39 Å². The summed E-state index contributed by atoms with van der Waals surface area (Å²) in [7, 11) is 0. The zero-order valence-corrected chi connectivity index (χ0v) is 14.4. The van der Waals surface area contributed by atoms with Gasteiger partial charge in [0.15, 0.2) is 0 Å². The van der Waals surface area contributed by atoms with Gasteiger partial charge in [-0.05, 0) is 61.3 Å². The highest BCUT2D eigenvalue weighted by Crippen LogP contribution is 2.37. The van der Waals surface area contributed by atoms with Crippen LogP contribution in [-0.4, -0.2) is 23.5 Å². The fourth-order valence-electron chi connectivity index (χ4n) is 3.36. The van der Waals surface area contributed by atoms with E-state index in [4.69, 9.17) is 5.84 Å². The third-order valence-corrected chi connectivity index (χ3v) is 5.49. The van der Waals surface area contributed by atoms with Crippen LogP contribution in [0.2, 0.25) is 0 Å². The van der Waals surface area contributed by atoms with Crippen molar-refractivity contribution in [2.45, 2.75) is 51.1 Å². The van der Waals surface area contributed by atoms with Gasteiger partial charge in [0.05, 0.1) is 10.5 Å². The zero-order chi connectivity index (χ0) is 15.5. The fourth-order valence-corrected chi connectivity index (χ4v) is 3.74. The molecule has 1 fully saturated rings. The molecule has 2 atom stereocenters. The van der Waals surface area contributed by atoms with E-state index in [9.17, 15) is 4.39 Å². The molecule has 21 heavy (non-hydrogen) atoms. The van der Waals surface area contributed by atoms with Gasteiger partial charge in [0.25, 0.3) is 0 Å². The lowest BCUT2D eigenvalue weighted by Gasteiger charge is -2.48. The second-order valence-electron chi connectivity index (χ2n) is 6.00. The molecular weight excluding hydrogens is 333 g/mol. The van der Waals surface area contributed by atoms with E-state index in [0.29, 0.717) is 10.0 Å². The van der Waals surface area contributed by atoms with Crippen molar-refractivity contribution >= 4 is 15.9 Å². The molecular formula is C16H25BrFN3. The summed E-state index contributed by atoms with van der Waals surface area (Å²) in [5, 5.41) is 0. The number of nitrogens with one attached hydrogen (secondary N) is 1. The number of halogens is 2. The first-order chi connectivity index (χ1) is 10.0. The summed E-state index contributed by atoms with van der Waals surface area (Å²) in [6.07, 6.45) is 4.60. The average molecular weight is 358 g/mol. The maximum absolute atomic E-state index is 14.5. The van der Waals surface area contributed by atoms with Gasteiger partial charge in [-0.15, -0.1) is 0 Å². The van der Waals surface area contributed by atoms with Crippen LogP contribution >= 0.6 is 15.9 Å². The number of hydrogen-bond donors (Lipinski definition) is 2. The molecule has 3 nitrogen and oxygen atoms in total. The first kappa shape index (κ1) is 16.9. The maximum Gasteiger partial charge on any atom is 0.142 e. The minimum absolute atomic E-state index is 0.198. The highest BCUT2D eigenvalue weighted by atomic mass is 79.9. The van der Waals surface area contributed by atoms with Crippen molar-refractivity contribution in [2.24, 2.45) is 5.84 Å². The summed E-state index contributed by atoms with van der Waals surface area (Å²) in [5.41, 5.74) is 3.30. The van der Waals surface area contributed by atoms with E-state index in [1.54, 1.807) is 6.07 Å². The van der Waals surface area contributed by atoms with E-state index in [0.717, 1.165) is 19.5 Å². The van der Waals surface area contributed by atoms with Gasteiger partial charge in [0, 0.05) is 11.1 Å². The molecule has 0 radical (unpaired) electrons. The SMILES string of the molecule is CCC(C)(C(NN)c1cccc(Br)c1F)N1CCCCC1. The molecule has 1 aromatic carbocycles. The van der Waals surface area contributed by atoms with E-state index >= 15 is 0 Å². The Kier molecular flexibility index (Phi) is 5.77. The Labute approximate surface area is 135 Å². The Balaban J connectivity index is 2.38. The summed E-state index contributed by atoms with van der Waals surface area (Å²) in [6, 6.07) is 5.16. The third-order valence-electron chi connectivity index (χ3n) is 4.88. The minimum Gasteiger partial charge on any atom is -0.296 e. The standard InChI is InChI=1S/C16H25BrFN3/c1-3-16(2,21-10-5-4-6-11-21)15(20-19)12-8-7-9-13(17)14(12)18/h7-9,15,20H,3-6,10-11,19H2,1-2H3. The van der Waals surface area contributed by atoms with Crippen molar-refractivity contribution in [1.82, 2.24) is 10.3 Å². The molecule has 0 aromatic heterocycles. The molecule has 0 bridgehead atoms. The highest BCUT2D eigenvalue weighted by Gasteiger charge is 2.40. The number of likely N-dealkylation sites (tertiary alicyclic amines) is 1. The van der Waals surface area contributed by atoms with Crippen LogP contribution in [-0.2, 0) is 0 Å². The monoisotopic (exact) mass is 357 g/mol. The Morgan fingerprint density at radius 3 is 2.62 bits per heavy atom. The Hall–Kier alpha value is -0.490. The van der Waals surface area contributed by atoms with Gasteiger partial charge >= 0.3 is 0 Å². The van der Waals surface area contributed by atoms with Crippen LogP contribution in [0.3, 0.4) is 0 Å². The molecule has 1 heterocycles. The zero-order valence-electron chi connectivity index (χ0n) is 12.8. The van der Waals surface area contributed by atoms with E-state index < -0.39 is 0 Å². The summed E-state index contributed by atoms with van der Waals surface area (Å²) in [4.78, 5) is 2.46. The van der Waals surface area contributed by atoms with Crippen molar-refractivity contribution in [3.63, 3.8) is 0 Å². The van der Waals surface area contributed by atoms with Crippen molar-refractivity contribution in [3.8, 4) is 0 Å². The molecule has 0 saturated carbocycles. The molecule has 1 aliphatic rings. The van der Waals surface area contributed by atoms with Crippen LogP contribution in [0.1, 0.15) is 51.1 Å². The molecule has 1 aromatic rings. The van der Waals surface area contributed by atoms with Crippen LogP contribution in [0, 0.1) is 5.82 Å². The van der Waals surface area contributed by atoms with Gasteiger partial charge in [0.2, 0.25) is 0 Å². The number of piperidine rings is 1. The van der Waals surface area contributed by atoms with Gasteiger partial charge in [-0.3, -0.25) is 16.2 Å². The molecule has 0 spiro atoms. The van der Waals surface area contributed by atoms with E-state index in [2.05, 4.69) is 40.1 Å². The van der Waals surface area contributed by atoms with Gasteiger partial charge in [-0.2, -0.15) is 0 Å². The summed E-state index contributed by atoms with van der Waals surface area (Å²) in [6.45, 7) is 6.44. The number of rotatable bonds is 5. The van der Waals surface area contributed by atoms with Crippen molar-refractivity contribution in [1.29, 1.82) is 0 Å². The van der Waals surface area contributed by atoms with Crippen LogP contribution < -0.4 is 11.3 Å². The van der Waals surface area contributed by atoms with Crippen molar-refractivity contribution in [3.05, 3.63) is 34.1 Å². The first-order valence-electron chi connectivity index (χ1n) is 7.69. The second-order valence-corrected chi connectivity index (χ2v) is 6.86. The summed E-state index contributed by atoms with van der Waals surface area (Å²) in [5.74, 6) is 5.61. The molecule has 5 heteroatoms. The number of nitrogens with two attached hydrogens (primary N) is 1. The van der Waals surface area contributed by atoms with Crippen LogP contribution in [0.4, 0.5) is 4.39 Å². The second kappa shape index (κ2) is 7.18. The summed E-state index contributed by atoms with van der Waals surface area (Å²) >= 11 is 3.27. The number of hydrazine groups is 1. The predicted molar refractivity (Wildman–Crippen MR) is 88.3 cm³/mol. The van der Waals surface area contributed by atoms with E-state index in [1.165, 1.54) is 19.3 Å². The fraction of sp³-hybridized carbons (Fsp3) is 0.625. The van der Waals surface area contributed by atoms with Gasteiger partial charge < -0.3 is 0 Å². The molecule has 2 unspecified atom stereocenters. The molecule has 3 N–H and O–H groups in total. The first-order valence-corrected chi connectivity index (χ1v) is 8.49. The van der Waals surface area contributed by atoms with Crippen molar-refractivity contribution in [2.75, 3.05) is 13.1 Å². The number of nitrogens with zero attached hydrogens (tertiary/aromatic N) is 1. The molecule has 0 aliphatic carbocycles. The van der Waals surface area contributed by atoms with E-state index in [-0.39, 0.29) is 17.4 Å². The van der Waals surface area contributed by atoms with Crippen LogP contribution in [0.5, 0.6) is 0 Å². The molecule has 118 valence electrons. The minimum atomic E-state index is -0.238. The van der Waals surface area contributed by atoms with Gasteiger partial charge in [-0.25, -0.2) is 4.39 Å². The summed E-state index contributed by atoms with van der Waals surface area (Å²) < 4.78 is 15.0. The smallest absolute Gasteiger partial charge is 0.142 e. The molecule has 1 aliphatic heterocycles. The lowest BCUT2D eigenvalue weighted by molar-refractivity contribution is 0.0413. The van der Waals surface area contributed by atoms with E-state index in [1.807, 2.05) is 12.1 Å². The maximum atomic E-state index is 14.5. The van der Waals surface area contributed by atoms with Gasteiger partial charge in [-0.1, -0.05) is 25.5 Å².